The molecular weight excluding hydrogens is 292 g/mol. The predicted octanol–water partition coefficient (Wildman–Crippen LogP) is -0.213. The number of amides is 2. The summed E-state index contributed by atoms with van der Waals surface area (Å²) in [6.07, 6.45) is -1.11. The number of hydrogen-bond acceptors (Lipinski definition) is 6. The van der Waals surface area contributed by atoms with Crippen molar-refractivity contribution in [1.82, 2.24) is 10.2 Å². The van der Waals surface area contributed by atoms with E-state index in [2.05, 4.69) is 10.1 Å². The van der Waals surface area contributed by atoms with Gasteiger partial charge in [0.25, 0.3) is 0 Å². The molecule has 0 aromatic heterocycles. The fourth-order valence-electron chi connectivity index (χ4n) is 2.94. The molecule has 2 heterocycles. The van der Waals surface area contributed by atoms with Crippen LogP contribution in [0.3, 0.4) is 0 Å². The van der Waals surface area contributed by atoms with Gasteiger partial charge in [-0.2, -0.15) is 0 Å². The Hall–Kier alpha value is -1.83. The van der Waals surface area contributed by atoms with E-state index in [1.807, 2.05) is 0 Å². The molecule has 0 unspecified atom stereocenters. The van der Waals surface area contributed by atoms with Crippen molar-refractivity contribution in [2.75, 3.05) is 7.11 Å². The van der Waals surface area contributed by atoms with E-state index < -0.39 is 47.8 Å². The summed E-state index contributed by atoms with van der Waals surface area (Å²) in [5, 5.41) is 12.5. The maximum Gasteiger partial charge on any atom is 0.408 e. The van der Waals surface area contributed by atoms with Crippen LogP contribution in [0.5, 0.6) is 0 Å². The van der Waals surface area contributed by atoms with E-state index in [0.717, 1.165) is 0 Å². The minimum Gasteiger partial charge on any atom is -0.467 e. The van der Waals surface area contributed by atoms with E-state index in [1.54, 1.807) is 20.8 Å². The van der Waals surface area contributed by atoms with Crippen LogP contribution in [0.2, 0.25) is 0 Å². The number of nitrogens with zero attached hydrogens (tertiary/aromatic N) is 1. The monoisotopic (exact) mass is 314 g/mol. The maximum absolute atomic E-state index is 12.4. The molecule has 0 aromatic carbocycles. The van der Waals surface area contributed by atoms with Crippen molar-refractivity contribution in [3.8, 4) is 0 Å². The Bertz CT molecular complexity index is 486. The standard InChI is InChI=1S/C14H22N2O6/c1-14(2,3)22-13(20)15-7-5-8-10(17)6-9(12(19)21-4)16(8)11(7)18/h7-10,17H,5-6H2,1-4H3,(H,15,20)/t7-,8-,9-,10-/m0/s1. The Morgan fingerprint density at radius 2 is 1.95 bits per heavy atom. The van der Waals surface area contributed by atoms with Crippen LogP contribution < -0.4 is 5.32 Å². The van der Waals surface area contributed by atoms with Crippen LogP contribution in [0.25, 0.3) is 0 Å². The summed E-state index contributed by atoms with van der Waals surface area (Å²) in [5.41, 5.74) is -0.671. The van der Waals surface area contributed by atoms with Gasteiger partial charge >= 0.3 is 12.1 Å². The molecule has 22 heavy (non-hydrogen) atoms. The van der Waals surface area contributed by atoms with Gasteiger partial charge < -0.3 is 24.8 Å². The average molecular weight is 314 g/mol. The molecule has 2 fully saturated rings. The molecule has 2 aliphatic rings. The van der Waals surface area contributed by atoms with Crippen molar-refractivity contribution in [2.24, 2.45) is 0 Å². The molecule has 0 saturated carbocycles. The zero-order chi connectivity index (χ0) is 16.7. The van der Waals surface area contributed by atoms with Gasteiger partial charge in [0, 0.05) is 6.42 Å². The van der Waals surface area contributed by atoms with Gasteiger partial charge in [-0.3, -0.25) is 4.79 Å². The number of rotatable bonds is 2. The lowest BCUT2D eigenvalue weighted by Gasteiger charge is -2.23. The summed E-state index contributed by atoms with van der Waals surface area (Å²) >= 11 is 0. The van der Waals surface area contributed by atoms with Crippen molar-refractivity contribution in [3.63, 3.8) is 0 Å². The van der Waals surface area contributed by atoms with E-state index in [0.29, 0.717) is 0 Å². The highest BCUT2D eigenvalue weighted by Gasteiger charge is 2.54. The highest BCUT2D eigenvalue weighted by Crippen LogP contribution is 2.34. The summed E-state index contributed by atoms with van der Waals surface area (Å²) in [7, 11) is 1.24. The van der Waals surface area contributed by atoms with Crippen LogP contribution >= 0.6 is 0 Å². The third kappa shape index (κ3) is 3.16. The maximum atomic E-state index is 12.4. The normalized spacial score (nSPS) is 31.0. The third-order valence-corrected chi connectivity index (χ3v) is 3.80. The van der Waals surface area contributed by atoms with Gasteiger partial charge in [0.1, 0.15) is 17.7 Å². The lowest BCUT2D eigenvalue weighted by Crippen LogP contribution is -2.47. The van der Waals surface area contributed by atoms with Crippen LogP contribution in [0.4, 0.5) is 4.79 Å². The number of fused-ring (bicyclic) bond motifs is 1. The number of hydrogen-bond donors (Lipinski definition) is 2. The first-order valence-corrected chi connectivity index (χ1v) is 7.21. The molecule has 0 spiro atoms. The fraction of sp³-hybridized carbons (Fsp3) is 0.786. The van der Waals surface area contributed by atoms with Crippen LogP contribution in [0, 0.1) is 0 Å². The van der Waals surface area contributed by atoms with E-state index in [9.17, 15) is 19.5 Å². The van der Waals surface area contributed by atoms with Crippen LogP contribution in [-0.4, -0.2) is 64.9 Å². The number of carbonyl (C=O) groups excluding carboxylic acids is 3. The zero-order valence-corrected chi connectivity index (χ0v) is 13.2. The second kappa shape index (κ2) is 5.75. The highest BCUT2D eigenvalue weighted by atomic mass is 16.6. The predicted molar refractivity (Wildman–Crippen MR) is 74.8 cm³/mol. The molecule has 2 amide bonds. The first kappa shape index (κ1) is 16.5. The lowest BCUT2D eigenvalue weighted by molar-refractivity contribution is -0.150. The second-order valence-corrected chi connectivity index (χ2v) is 6.59. The van der Waals surface area contributed by atoms with E-state index in [4.69, 9.17) is 4.74 Å². The number of ether oxygens (including phenoxy) is 2. The van der Waals surface area contributed by atoms with Gasteiger partial charge in [-0.05, 0) is 27.2 Å². The Morgan fingerprint density at radius 3 is 2.50 bits per heavy atom. The van der Waals surface area contributed by atoms with Crippen molar-refractivity contribution in [3.05, 3.63) is 0 Å². The number of aliphatic hydroxyl groups is 1. The molecule has 124 valence electrons. The number of carbonyl (C=O) groups is 3. The Morgan fingerprint density at radius 1 is 1.32 bits per heavy atom. The van der Waals surface area contributed by atoms with Gasteiger partial charge in [0.15, 0.2) is 0 Å². The molecular formula is C14H22N2O6. The topological polar surface area (TPSA) is 105 Å². The zero-order valence-electron chi connectivity index (χ0n) is 13.2. The molecule has 2 rings (SSSR count). The molecule has 0 radical (unpaired) electrons. The SMILES string of the molecule is COC(=O)[C@@H]1C[C@H](O)[C@@H]2C[C@H](NC(=O)OC(C)(C)C)C(=O)N12. The molecule has 0 aliphatic carbocycles. The molecule has 4 atom stereocenters. The van der Waals surface area contributed by atoms with Gasteiger partial charge in [0.05, 0.1) is 19.3 Å². The van der Waals surface area contributed by atoms with Crippen molar-refractivity contribution in [1.29, 1.82) is 0 Å². The first-order valence-electron chi connectivity index (χ1n) is 7.21. The highest BCUT2D eigenvalue weighted by molar-refractivity contribution is 5.92. The van der Waals surface area contributed by atoms with Crippen LogP contribution in [0.15, 0.2) is 0 Å². The smallest absolute Gasteiger partial charge is 0.408 e. The van der Waals surface area contributed by atoms with Gasteiger partial charge in [0.2, 0.25) is 5.91 Å². The first-order chi connectivity index (χ1) is 10.1. The second-order valence-electron chi connectivity index (χ2n) is 6.59. The third-order valence-electron chi connectivity index (χ3n) is 3.80. The Labute approximate surface area is 128 Å². The molecule has 2 aliphatic heterocycles. The van der Waals surface area contributed by atoms with E-state index >= 15 is 0 Å². The molecule has 0 aromatic rings. The lowest BCUT2D eigenvalue weighted by atomic mass is 10.1. The van der Waals surface area contributed by atoms with Gasteiger partial charge in [-0.1, -0.05) is 0 Å². The minimum absolute atomic E-state index is 0.155. The molecule has 8 nitrogen and oxygen atoms in total. The summed E-state index contributed by atoms with van der Waals surface area (Å²) in [6, 6.07) is -2.10. The number of nitrogens with one attached hydrogen (secondary N) is 1. The molecule has 8 heteroatoms. The summed E-state index contributed by atoms with van der Waals surface area (Å²) in [6.45, 7) is 5.16. The molecule has 0 bridgehead atoms. The van der Waals surface area contributed by atoms with Gasteiger partial charge in [-0.25, -0.2) is 9.59 Å². The number of alkyl carbamates (subject to hydrolysis) is 1. The Kier molecular flexibility index (Phi) is 4.32. The van der Waals surface area contributed by atoms with Crippen molar-refractivity contribution >= 4 is 18.0 Å². The van der Waals surface area contributed by atoms with Crippen molar-refractivity contribution in [2.45, 2.75) is 63.4 Å². The van der Waals surface area contributed by atoms with E-state index in [-0.39, 0.29) is 12.8 Å². The number of methoxy groups -OCH3 is 1. The largest absolute Gasteiger partial charge is 0.467 e. The van der Waals surface area contributed by atoms with Crippen molar-refractivity contribution < 1.29 is 29.0 Å². The average Bonchev–Trinajstić information content (AvgIpc) is 2.87. The van der Waals surface area contributed by atoms with E-state index in [1.165, 1.54) is 12.0 Å². The summed E-state index contributed by atoms with van der Waals surface area (Å²) in [4.78, 5) is 37.2. The quantitative estimate of drug-likeness (QED) is 0.683. The molecule has 2 N–H and O–H groups in total. The summed E-state index contributed by atoms with van der Waals surface area (Å²) < 4.78 is 9.78. The summed E-state index contributed by atoms with van der Waals surface area (Å²) in [5.74, 6) is -0.962. The van der Waals surface area contributed by atoms with Crippen LogP contribution in [-0.2, 0) is 19.1 Å². The Balaban J connectivity index is 2.05. The number of esters is 1. The van der Waals surface area contributed by atoms with Crippen LogP contribution in [0.1, 0.15) is 33.6 Å². The molecule has 2 saturated heterocycles. The number of aliphatic hydroxyl groups excluding tert-OH is 1. The van der Waals surface area contributed by atoms with Gasteiger partial charge in [-0.15, -0.1) is 0 Å². The fourth-order valence-corrected chi connectivity index (χ4v) is 2.94. The minimum atomic E-state index is -0.807.